The first-order valence-electron chi connectivity index (χ1n) is 11.6. The third-order valence-electron chi connectivity index (χ3n) is 6.83. The monoisotopic (exact) mass is 472 g/mol. The standard InChI is InChI=1S/C26H27F3N2O3/c27-26(28,29)22-8-6-20(7-9-22)24(33)31-16-12-21(13-17-31)25(34)30-14-10-19(11-15-30)23(32)18-4-2-1-3-5-18/h1-9,19,21H,10-17H2. The van der Waals surface area contributed by atoms with Gasteiger partial charge in [0.05, 0.1) is 5.56 Å². The van der Waals surface area contributed by atoms with Crippen molar-refractivity contribution in [1.82, 2.24) is 9.80 Å². The van der Waals surface area contributed by atoms with E-state index in [0.29, 0.717) is 57.4 Å². The van der Waals surface area contributed by atoms with Gasteiger partial charge in [0.2, 0.25) is 5.91 Å². The molecule has 2 amide bonds. The van der Waals surface area contributed by atoms with E-state index >= 15 is 0 Å². The molecule has 0 saturated carbocycles. The molecular formula is C26H27F3N2O3. The van der Waals surface area contributed by atoms with Crippen LogP contribution in [0.25, 0.3) is 0 Å². The Morgan fingerprint density at radius 2 is 1.21 bits per heavy atom. The van der Waals surface area contributed by atoms with Gasteiger partial charge < -0.3 is 9.80 Å². The predicted octanol–water partition coefficient (Wildman–Crippen LogP) is 4.68. The normalized spacial score (nSPS) is 18.1. The molecule has 0 bridgehead atoms. The van der Waals surface area contributed by atoms with Crippen molar-refractivity contribution < 1.29 is 27.6 Å². The predicted molar refractivity (Wildman–Crippen MR) is 120 cm³/mol. The van der Waals surface area contributed by atoms with Crippen LogP contribution in [-0.2, 0) is 11.0 Å². The summed E-state index contributed by atoms with van der Waals surface area (Å²) in [5.41, 5.74) is 0.128. The maximum absolute atomic E-state index is 13.0. The molecule has 2 aromatic carbocycles. The molecule has 180 valence electrons. The van der Waals surface area contributed by atoms with Crippen LogP contribution in [0.3, 0.4) is 0 Å². The number of halogens is 3. The number of likely N-dealkylation sites (tertiary alicyclic amines) is 2. The molecule has 34 heavy (non-hydrogen) atoms. The Morgan fingerprint density at radius 3 is 1.76 bits per heavy atom. The average molecular weight is 473 g/mol. The first kappa shape index (κ1) is 24.0. The summed E-state index contributed by atoms with van der Waals surface area (Å²) >= 11 is 0. The lowest BCUT2D eigenvalue weighted by molar-refractivity contribution is -0.138. The molecule has 0 atom stereocenters. The quantitative estimate of drug-likeness (QED) is 0.608. The summed E-state index contributed by atoms with van der Waals surface area (Å²) in [7, 11) is 0. The molecule has 2 fully saturated rings. The molecule has 2 saturated heterocycles. The summed E-state index contributed by atoms with van der Waals surface area (Å²) < 4.78 is 38.2. The second-order valence-corrected chi connectivity index (χ2v) is 8.97. The number of benzene rings is 2. The van der Waals surface area contributed by atoms with Crippen molar-refractivity contribution in [2.45, 2.75) is 31.9 Å². The summed E-state index contributed by atoms with van der Waals surface area (Å²) in [6.45, 7) is 1.87. The first-order valence-corrected chi connectivity index (χ1v) is 11.6. The highest BCUT2D eigenvalue weighted by atomic mass is 19.4. The molecular weight excluding hydrogens is 445 g/mol. The fourth-order valence-corrected chi connectivity index (χ4v) is 4.77. The van der Waals surface area contributed by atoms with E-state index in [4.69, 9.17) is 0 Å². The van der Waals surface area contributed by atoms with Crippen LogP contribution in [0.5, 0.6) is 0 Å². The van der Waals surface area contributed by atoms with Gasteiger partial charge >= 0.3 is 6.18 Å². The maximum Gasteiger partial charge on any atom is 0.416 e. The fourth-order valence-electron chi connectivity index (χ4n) is 4.77. The van der Waals surface area contributed by atoms with Crippen LogP contribution in [-0.4, -0.2) is 53.6 Å². The van der Waals surface area contributed by atoms with E-state index in [0.717, 1.165) is 12.1 Å². The zero-order valence-corrected chi connectivity index (χ0v) is 18.8. The third-order valence-corrected chi connectivity index (χ3v) is 6.83. The molecule has 4 rings (SSSR count). The van der Waals surface area contributed by atoms with E-state index in [9.17, 15) is 27.6 Å². The lowest BCUT2D eigenvalue weighted by Gasteiger charge is -2.37. The highest BCUT2D eigenvalue weighted by Crippen LogP contribution is 2.30. The van der Waals surface area contributed by atoms with Gasteiger partial charge in [-0.15, -0.1) is 0 Å². The molecule has 2 heterocycles. The summed E-state index contributed by atoms with van der Waals surface area (Å²) in [6, 6.07) is 13.4. The molecule has 5 nitrogen and oxygen atoms in total. The topological polar surface area (TPSA) is 57.7 Å². The number of hydrogen-bond acceptors (Lipinski definition) is 3. The number of piperidine rings is 2. The molecule has 2 aliphatic heterocycles. The van der Waals surface area contributed by atoms with E-state index in [-0.39, 0.29) is 35.0 Å². The highest BCUT2D eigenvalue weighted by molar-refractivity contribution is 5.98. The Morgan fingerprint density at radius 1 is 0.676 bits per heavy atom. The van der Waals surface area contributed by atoms with Gasteiger partial charge in [-0.25, -0.2) is 0 Å². The second kappa shape index (κ2) is 9.99. The number of hydrogen-bond donors (Lipinski definition) is 0. The van der Waals surface area contributed by atoms with Crippen molar-refractivity contribution in [1.29, 1.82) is 0 Å². The Hall–Kier alpha value is -3.16. The minimum absolute atomic E-state index is 0.0623. The number of rotatable bonds is 4. The third kappa shape index (κ3) is 5.32. The van der Waals surface area contributed by atoms with Crippen LogP contribution in [0.15, 0.2) is 54.6 Å². The summed E-state index contributed by atoms with van der Waals surface area (Å²) in [6.07, 6.45) is -2.11. The van der Waals surface area contributed by atoms with Crippen LogP contribution >= 0.6 is 0 Å². The average Bonchev–Trinajstić information content (AvgIpc) is 2.87. The van der Waals surface area contributed by atoms with E-state index in [1.54, 1.807) is 4.90 Å². The largest absolute Gasteiger partial charge is 0.416 e. The van der Waals surface area contributed by atoms with Crippen LogP contribution < -0.4 is 0 Å². The van der Waals surface area contributed by atoms with Gasteiger partial charge in [0, 0.05) is 49.1 Å². The number of ketones is 1. The summed E-state index contributed by atoms with van der Waals surface area (Å²) in [5.74, 6) is -0.387. The van der Waals surface area contributed by atoms with Gasteiger partial charge in [-0.05, 0) is 49.9 Å². The molecule has 0 spiro atoms. The number of Topliss-reactive ketones (excluding diaryl/α,β-unsaturated/α-hetero) is 1. The lowest BCUT2D eigenvalue weighted by Crippen LogP contribution is -2.47. The molecule has 0 N–H and O–H groups in total. The van der Waals surface area contributed by atoms with Gasteiger partial charge in [-0.1, -0.05) is 30.3 Å². The molecule has 0 aliphatic carbocycles. The number of carbonyl (C=O) groups is 3. The van der Waals surface area contributed by atoms with Crippen molar-refractivity contribution >= 4 is 17.6 Å². The van der Waals surface area contributed by atoms with E-state index in [1.165, 1.54) is 12.1 Å². The van der Waals surface area contributed by atoms with Crippen LogP contribution in [0.2, 0.25) is 0 Å². The van der Waals surface area contributed by atoms with Gasteiger partial charge in [0.15, 0.2) is 5.78 Å². The number of amides is 2. The minimum atomic E-state index is -4.44. The van der Waals surface area contributed by atoms with Crippen molar-refractivity contribution in [3.63, 3.8) is 0 Å². The molecule has 2 aromatic rings. The van der Waals surface area contributed by atoms with Gasteiger partial charge in [0.1, 0.15) is 0 Å². The molecule has 8 heteroatoms. The molecule has 0 aromatic heterocycles. The minimum Gasteiger partial charge on any atom is -0.342 e. The van der Waals surface area contributed by atoms with E-state index in [2.05, 4.69) is 0 Å². The fraction of sp³-hybridized carbons (Fsp3) is 0.423. The Labute approximate surface area is 196 Å². The van der Waals surface area contributed by atoms with Crippen molar-refractivity contribution in [3.05, 3.63) is 71.3 Å². The number of alkyl halides is 3. The zero-order chi connectivity index (χ0) is 24.3. The second-order valence-electron chi connectivity index (χ2n) is 8.97. The van der Waals surface area contributed by atoms with Gasteiger partial charge in [-0.3, -0.25) is 14.4 Å². The SMILES string of the molecule is O=C(c1ccccc1)C1CCN(C(=O)C2CCN(C(=O)c3ccc(C(F)(F)F)cc3)CC2)CC1. The van der Waals surface area contributed by atoms with Crippen LogP contribution in [0.4, 0.5) is 13.2 Å². The van der Waals surface area contributed by atoms with Crippen molar-refractivity contribution in [3.8, 4) is 0 Å². The Balaban J connectivity index is 1.26. The Bertz CT molecular complexity index is 1020. The zero-order valence-electron chi connectivity index (χ0n) is 18.8. The number of carbonyl (C=O) groups excluding carboxylic acids is 3. The smallest absolute Gasteiger partial charge is 0.342 e. The first-order chi connectivity index (χ1) is 16.2. The van der Waals surface area contributed by atoms with Crippen LogP contribution in [0, 0.1) is 11.8 Å². The Kier molecular flexibility index (Phi) is 7.05. The van der Waals surface area contributed by atoms with Crippen molar-refractivity contribution in [2.24, 2.45) is 11.8 Å². The number of nitrogens with zero attached hydrogens (tertiary/aromatic N) is 2. The molecule has 0 unspecified atom stereocenters. The highest BCUT2D eigenvalue weighted by Gasteiger charge is 2.34. The maximum atomic E-state index is 13.0. The lowest BCUT2D eigenvalue weighted by atomic mass is 9.87. The molecule has 0 radical (unpaired) electrons. The summed E-state index contributed by atoms with van der Waals surface area (Å²) in [4.78, 5) is 41.8. The van der Waals surface area contributed by atoms with Gasteiger partial charge in [0.25, 0.3) is 5.91 Å². The van der Waals surface area contributed by atoms with Crippen molar-refractivity contribution in [2.75, 3.05) is 26.2 Å². The summed E-state index contributed by atoms with van der Waals surface area (Å²) in [5, 5.41) is 0. The van der Waals surface area contributed by atoms with Gasteiger partial charge in [-0.2, -0.15) is 13.2 Å². The van der Waals surface area contributed by atoms with E-state index in [1.807, 2.05) is 35.2 Å². The van der Waals surface area contributed by atoms with Crippen LogP contribution in [0.1, 0.15) is 52.0 Å². The molecule has 2 aliphatic rings. The van der Waals surface area contributed by atoms with E-state index < -0.39 is 11.7 Å².